The summed E-state index contributed by atoms with van der Waals surface area (Å²) in [4.78, 5) is 12.1. The van der Waals surface area contributed by atoms with Crippen molar-refractivity contribution in [3.05, 3.63) is 28.9 Å². The SMILES string of the molecule is O=Nc1ccc(N2CCOCC2)c(F)c1. The van der Waals surface area contributed by atoms with Crippen molar-refractivity contribution in [3.8, 4) is 0 Å². The Balaban J connectivity index is 2.23. The predicted octanol–water partition coefficient (Wildman–Crippen LogP) is 2.06. The first kappa shape index (κ1) is 10.0. The highest BCUT2D eigenvalue weighted by Crippen LogP contribution is 2.24. The minimum absolute atomic E-state index is 0.115. The molecule has 1 aromatic carbocycles. The third-order valence-corrected chi connectivity index (χ3v) is 2.39. The molecule has 4 nitrogen and oxygen atoms in total. The predicted molar refractivity (Wildman–Crippen MR) is 54.9 cm³/mol. The molecular weight excluding hydrogens is 199 g/mol. The smallest absolute Gasteiger partial charge is 0.148 e. The lowest BCUT2D eigenvalue weighted by Gasteiger charge is -2.29. The second-order valence-electron chi connectivity index (χ2n) is 3.33. The maximum atomic E-state index is 13.5. The molecule has 15 heavy (non-hydrogen) atoms. The van der Waals surface area contributed by atoms with Crippen LogP contribution in [0.15, 0.2) is 23.4 Å². The van der Waals surface area contributed by atoms with Crippen LogP contribution in [0.4, 0.5) is 15.8 Å². The van der Waals surface area contributed by atoms with Gasteiger partial charge in [-0.3, -0.25) is 0 Å². The summed E-state index contributed by atoms with van der Waals surface area (Å²) in [6.45, 7) is 2.55. The number of benzene rings is 1. The highest BCUT2D eigenvalue weighted by molar-refractivity contribution is 5.54. The first-order valence-corrected chi connectivity index (χ1v) is 4.77. The number of ether oxygens (including phenoxy) is 1. The number of nitroso groups, excluding NO2 is 1. The molecule has 1 fully saturated rings. The quantitative estimate of drug-likeness (QED) is 0.701. The van der Waals surface area contributed by atoms with Crippen molar-refractivity contribution in [2.24, 2.45) is 5.18 Å². The summed E-state index contributed by atoms with van der Waals surface area (Å²) < 4.78 is 18.7. The summed E-state index contributed by atoms with van der Waals surface area (Å²) in [5, 5.41) is 2.68. The lowest BCUT2D eigenvalue weighted by atomic mass is 10.2. The molecule has 0 atom stereocenters. The Labute approximate surface area is 86.6 Å². The van der Waals surface area contributed by atoms with Crippen LogP contribution in [0.25, 0.3) is 0 Å². The van der Waals surface area contributed by atoms with E-state index in [1.54, 1.807) is 6.07 Å². The van der Waals surface area contributed by atoms with E-state index in [1.807, 2.05) is 4.90 Å². The molecular formula is C10H11FN2O2. The number of halogens is 1. The van der Waals surface area contributed by atoms with Gasteiger partial charge in [0.15, 0.2) is 0 Å². The standard InChI is InChI=1S/C10H11FN2O2/c11-9-7-8(12-14)1-2-10(9)13-3-5-15-6-4-13/h1-2,7H,3-6H2. The maximum Gasteiger partial charge on any atom is 0.148 e. The van der Waals surface area contributed by atoms with Gasteiger partial charge in [0.2, 0.25) is 0 Å². The molecule has 0 amide bonds. The first-order chi connectivity index (χ1) is 7.31. The van der Waals surface area contributed by atoms with Crippen LogP contribution in [-0.2, 0) is 4.74 Å². The summed E-state index contributed by atoms with van der Waals surface area (Å²) in [6, 6.07) is 4.25. The number of hydrogen-bond donors (Lipinski definition) is 0. The van der Waals surface area contributed by atoms with E-state index in [2.05, 4.69) is 5.18 Å². The monoisotopic (exact) mass is 210 g/mol. The summed E-state index contributed by atoms with van der Waals surface area (Å²) in [5.41, 5.74) is 0.621. The molecule has 0 spiro atoms. The third kappa shape index (κ3) is 2.12. The zero-order valence-corrected chi connectivity index (χ0v) is 8.15. The minimum Gasteiger partial charge on any atom is -0.378 e. The van der Waals surface area contributed by atoms with E-state index in [1.165, 1.54) is 6.07 Å². The van der Waals surface area contributed by atoms with Gasteiger partial charge in [-0.05, 0) is 17.3 Å². The fourth-order valence-electron chi connectivity index (χ4n) is 1.61. The molecule has 0 bridgehead atoms. The van der Waals surface area contributed by atoms with Crippen LogP contribution >= 0.6 is 0 Å². The van der Waals surface area contributed by atoms with Gasteiger partial charge in [0.25, 0.3) is 0 Å². The molecule has 0 radical (unpaired) electrons. The lowest BCUT2D eigenvalue weighted by molar-refractivity contribution is 0.122. The zero-order valence-electron chi connectivity index (χ0n) is 8.15. The van der Waals surface area contributed by atoms with Crippen LogP contribution in [0.2, 0.25) is 0 Å². The Kier molecular flexibility index (Phi) is 2.91. The molecule has 0 aliphatic carbocycles. The molecule has 0 N–H and O–H groups in total. The average Bonchev–Trinajstić information content (AvgIpc) is 2.30. The molecule has 0 unspecified atom stereocenters. The van der Waals surface area contributed by atoms with Gasteiger partial charge in [0, 0.05) is 19.2 Å². The van der Waals surface area contributed by atoms with Crippen LogP contribution in [0, 0.1) is 10.7 Å². The van der Waals surface area contributed by atoms with Gasteiger partial charge in [-0.25, -0.2) is 4.39 Å². The zero-order chi connectivity index (χ0) is 10.7. The number of rotatable bonds is 2. The summed E-state index contributed by atoms with van der Waals surface area (Å²) >= 11 is 0. The van der Waals surface area contributed by atoms with Crippen molar-refractivity contribution < 1.29 is 9.13 Å². The molecule has 2 rings (SSSR count). The minimum atomic E-state index is -0.408. The largest absolute Gasteiger partial charge is 0.378 e. The van der Waals surface area contributed by atoms with Crippen LogP contribution in [0.3, 0.4) is 0 Å². The fourth-order valence-corrected chi connectivity index (χ4v) is 1.61. The molecule has 1 heterocycles. The molecule has 1 aromatic rings. The van der Waals surface area contributed by atoms with E-state index in [0.29, 0.717) is 32.0 Å². The fraction of sp³-hybridized carbons (Fsp3) is 0.400. The Hall–Kier alpha value is -1.49. The van der Waals surface area contributed by atoms with E-state index in [9.17, 15) is 9.30 Å². The summed E-state index contributed by atoms with van der Waals surface area (Å²) in [7, 11) is 0. The van der Waals surface area contributed by atoms with E-state index in [0.717, 1.165) is 6.07 Å². The van der Waals surface area contributed by atoms with Crippen LogP contribution in [0.5, 0.6) is 0 Å². The van der Waals surface area contributed by atoms with Crippen molar-refractivity contribution in [2.45, 2.75) is 0 Å². The topological polar surface area (TPSA) is 41.9 Å². The molecule has 80 valence electrons. The van der Waals surface area contributed by atoms with E-state index in [-0.39, 0.29) is 5.69 Å². The molecule has 0 saturated carbocycles. The van der Waals surface area contributed by atoms with Gasteiger partial charge < -0.3 is 9.64 Å². The molecule has 1 aliphatic rings. The van der Waals surface area contributed by atoms with Gasteiger partial charge in [0.05, 0.1) is 18.9 Å². The van der Waals surface area contributed by atoms with Gasteiger partial charge in [-0.15, -0.1) is 4.91 Å². The Morgan fingerprint density at radius 3 is 2.67 bits per heavy atom. The third-order valence-electron chi connectivity index (χ3n) is 2.39. The molecule has 5 heteroatoms. The van der Waals surface area contributed by atoms with Gasteiger partial charge in [-0.2, -0.15) is 0 Å². The maximum absolute atomic E-state index is 13.5. The van der Waals surface area contributed by atoms with Crippen molar-refractivity contribution in [2.75, 3.05) is 31.2 Å². The van der Waals surface area contributed by atoms with Crippen LogP contribution < -0.4 is 4.90 Å². The normalized spacial score (nSPS) is 16.5. The lowest BCUT2D eigenvalue weighted by Crippen LogP contribution is -2.36. The number of hydrogen-bond acceptors (Lipinski definition) is 4. The highest BCUT2D eigenvalue weighted by atomic mass is 19.1. The van der Waals surface area contributed by atoms with Gasteiger partial charge >= 0.3 is 0 Å². The Morgan fingerprint density at radius 1 is 1.33 bits per heavy atom. The number of morpholine rings is 1. The molecule has 1 saturated heterocycles. The van der Waals surface area contributed by atoms with Gasteiger partial charge in [-0.1, -0.05) is 0 Å². The summed E-state index contributed by atoms with van der Waals surface area (Å²) in [6.07, 6.45) is 0. The van der Waals surface area contributed by atoms with Crippen LogP contribution in [0.1, 0.15) is 0 Å². The first-order valence-electron chi connectivity index (χ1n) is 4.77. The average molecular weight is 210 g/mol. The van der Waals surface area contributed by atoms with Crippen molar-refractivity contribution >= 4 is 11.4 Å². The Bertz CT molecular complexity index is 364. The van der Waals surface area contributed by atoms with E-state index < -0.39 is 5.82 Å². The highest BCUT2D eigenvalue weighted by Gasteiger charge is 2.15. The van der Waals surface area contributed by atoms with Crippen LogP contribution in [-0.4, -0.2) is 26.3 Å². The summed E-state index contributed by atoms with van der Waals surface area (Å²) in [5.74, 6) is -0.408. The molecule has 1 aliphatic heterocycles. The molecule has 0 aromatic heterocycles. The van der Waals surface area contributed by atoms with Crippen molar-refractivity contribution in [1.82, 2.24) is 0 Å². The van der Waals surface area contributed by atoms with Gasteiger partial charge in [0.1, 0.15) is 11.5 Å². The van der Waals surface area contributed by atoms with Crippen molar-refractivity contribution in [3.63, 3.8) is 0 Å². The van der Waals surface area contributed by atoms with E-state index in [4.69, 9.17) is 4.74 Å². The Morgan fingerprint density at radius 2 is 2.07 bits per heavy atom. The van der Waals surface area contributed by atoms with E-state index >= 15 is 0 Å². The second-order valence-corrected chi connectivity index (χ2v) is 3.33. The number of anilines is 1. The second kappa shape index (κ2) is 4.35. The number of nitrogens with zero attached hydrogens (tertiary/aromatic N) is 2. The van der Waals surface area contributed by atoms with Crippen molar-refractivity contribution in [1.29, 1.82) is 0 Å².